The van der Waals surface area contributed by atoms with Gasteiger partial charge in [-0.15, -0.1) is 0 Å². The Labute approximate surface area is 149 Å². The van der Waals surface area contributed by atoms with Gasteiger partial charge in [0.2, 0.25) is 0 Å². The van der Waals surface area contributed by atoms with Gasteiger partial charge in [0.15, 0.2) is 0 Å². The molecule has 0 aliphatic rings. The minimum Gasteiger partial charge on any atom is -0.462 e. The lowest BCUT2D eigenvalue weighted by Crippen LogP contribution is -2.46. The first-order valence-electron chi connectivity index (χ1n) is 8.46. The van der Waals surface area contributed by atoms with E-state index in [1.807, 2.05) is 33.8 Å². The standard InChI is InChI=1S/C19H22N4O3/c1-5-11-6-7-12(26-11)8-14-17(24)23-15(18(25)22-14)9-13-16(19(2,3)4)21-10-20-13/h6-10H,5H2,1-4H3,(H,20,21)(H,22,25)(H,23,24). The SMILES string of the molecule is CCc1ccc(C=c2[nH]c(=O)c(=Cc3nc[nH]c3C(C)(C)C)[nH]c2=O)o1. The molecule has 0 fully saturated rings. The topological polar surface area (TPSA) is 108 Å². The zero-order valence-corrected chi connectivity index (χ0v) is 15.3. The average molecular weight is 354 g/mol. The molecule has 3 N–H and O–H groups in total. The van der Waals surface area contributed by atoms with E-state index in [1.54, 1.807) is 18.5 Å². The molecule has 0 spiro atoms. The molecule has 0 aliphatic carbocycles. The predicted octanol–water partition coefficient (Wildman–Crippen LogP) is 0.897. The third kappa shape index (κ3) is 3.61. The van der Waals surface area contributed by atoms with Crippen LogP contribution in [-0.4, -0.2) is 19.9 Å². The zero-order chi connectivity index (χ0) is 18.9. The molecular weight excluding hydrogens is 332 g/mol. The van der Waals surface area contributed by atoms with Crippen molar-refractivity contribution in [2.24, 2.45) is 0 Å². The smallest absolute Gasteiger partial charge is 0.272 e. The van der Waals surface area contributed by atoms with E-state index in [0.29, 0.717) is 11.5 Å². The fraction of sp³-hybridized carbons (Fsp3) is 0.316. The molecule has 26 heavy (non-hydrogen) atoms. The molecule has 0 aromatic carbocycles. The van der Waals surface area contributed by atoms with Crippen LogP contribution in [-0.2, 0) is 11.8 Å². The minimum absolute atomic E-state index is 0.141. The molecule has 3 aromatic rings. The van der Waals surface area contributed by atoms with E-state index in [-0.39, 0.29) is 16.1 Å². The Morgan fingerprint density at radius 3 is 2.31 bits per heavy atom. The summed E-state index contributed by atoms with van der Waals surface area (Å²) in [5, 5.41) is 0.292. The van der Waals surface area contributed by atoms with Gasteiger partial charge in [-0.1, -0.05) is 27.7 Å². The van der Waals surface area contributed by atoms with Crippen LogP contribution >= 0.6 is 0 Å². The van der Waals surface area contributed by atoms with Gasteiger partial charge >= 0.3 is 0 Å². The highest BCUT2D eigenvalue weighted by Gasteiger charge is 2.19. The largest absolute Gasteiger partial charge is 0.462 e. The third-order valence-electron chi connectivity index (χ3n) is 4.00. The van der Waals surface area contributed by atoms with Gasteiger partial charge in [-0.05, 0) is 18.2 Å². The molecule has 136 valence electrons. The van der Waals surface area contributed by atoms with Gasteiger partial charge in [-0.3, -0.25) is 9.59 Å². The molecule has 0 bridgehead atoms. The molecule has 3 aromatic heterocycles. The lowest BCUT2D eigenvalue weighted by molar-refractivity contribution is 0.507. The monoisotopic (exact) mass is 354 g/mol. The van der Waals surface area contributed by atoms with E-state index >= 15 is 0 Å². The maximum atomic E-state index is 12.4. The van der Waals surface area contributed by atoms with Crippen LogP contribution in [0, 0.1) is 0 Å². The zero-order valence-electron chi connectivity index (χ0n) is 15.3. The number of hydrogen-bond acceptors (Lipinski definition) is 4. The molecule has 3 rings (SSSR count). The highest BCUT2D eigenvalue weighted by molar-refractivity contribution is 5.48. The summed E-state index contributed by atoms with van der Waals surface area (Å²) >= 11 is 0. The number of hydrogen-bond donors (Lipinski definition) is 3. The molecule has 0 atom stereocenters. The van der Waals surface area contributed by atoms with Crippen LogP contribution in [0.5, 0.6) is 0 Å². The van der Waals surface area contributed by atoms with Crippen LogP contribution in [0.25, 0.3) is 12.2 Å². The number of H-pyrrole nitrogens is 3. The van der Waals surface area contributed by atoms with Crippen LogP contribution in [0.2, 0.25) is 0 Å². The first-order valence-corrected chi connectivity index (χ1v) is 8.46. The Kier molecular flexibility index (Phi) is 4.54. The molecule has 3 heterocycles. The van der Waals surface area contributed by atoms with E-state index in [2.05, 4.69) is 19.9 Å². The number of imidazole rings is 1. The number of aryl methyl sites for hydroxylation is 1. The fourth-order valence-electron chi connectivity index (χ4n) is 2.65. The maximum Gasteiger partial charge on any atom is 0.272 e. The first kappa shape index (κ1) is 17.7. The van der Waals surface area contributed by atoms with Gasteiger partial charge in [-0.2, -0.15) is 0 Å². The Morgan fingerprint density at radius 2 is 1.73 bits per heavy atom. The van der Waals surface area contributed by atoms with Gasteiger partial charge in [0, 0.05) is 23.6 Å². The lowest BCUT2D eigenvalue weighted by atomic mass is 9.90. The Hall–Kier alpha value is -3.09. The fourth-order valence-corrected chi connectivity index (χ4v) is 2.65. The highest BCUT2D eigenvalue weighted by atomic mass is 16.3. The summed E-state index contributed by atoms with van der Waals surface area (Å²) in [7, 11) is 0. The number of rotatable bonds is 3. The second kappa shape index (κ2) is 6.67. The summed E-state index contributed by atoms with van der Waals surface area (Å²) in [5.41, 5.74) is 0.531. The van der Waals surface area contributed by atoms with Crippen LogP contribution in [0.3, 0.4) is 0 Å². The minimum atomic E-state index is -0.404. The second-order valence-corrected chi connectivity index (χ2v) is 7.09. The van der Waals surface area contributed by atoms with Gasteiger partial charge in [0.05, 0.1) is 12.0 Å². The molecular formula is C19H22N4O3. The van der Waals surface area contributed by atoms with Gasteiger partial charge in [0.25, 0.3) is 11.1 Å². The lowest BCUT2D eigenvalue weighted by Gasteiger charge is -2.16. The van der Waals surface area contributed by atoms with Crippen LogP contribution in [0.4, 0.5) is 0 Å². The predicted molar refractivity (Wildman–Crippen MR) is 99.4 cm³/mol. The van der Waals surface area contributed by atoms with Gasteiger partial charge in [-0.25, -0.2) is 4.98 Å². The average Bonchev–Trinajstić information content (AvgIpc) is 3.20. The quantitative estimate of drug-likeness (QED) is 0.649. The molecule has 0 aliphatic heterocycles. The molecule has 0 saturated carbocycles. The van der Waals surface area contributed by atoms with Crippen LogP contribution in [0.15, 0.2) is 32.5 Å². The molecule has 7 nitrogen and oxygen atoms in total. The number of aromatic amines is 3. The first-order chi connectivity index (χ1) is 12.3. The van der Waals surface area contributed by atoms with Gasteiger partial charge < -0.3 is 19.4 Å². The van der Waals surface area contributed by atoms with Crippen molar-refractivity contribution in [1.82, 2.24) is 19.9 Å². The van der Waals surface area contributed by atoms with Crippen molar-refractivity contribution in [3.63, 3.8) is 0 Å². The van der Waals surface area contributed by atoms with Crippen LogP contribution < -0.4 is 21.8 Å². The normalized spacial score (nSPS) is 13.5. The highest BCUT2D eigenvalue weighted by Crippen LogP contribution is 2.22. The van der Waals surface area contributed by atoms with Crippen molar-refractivity contribution < 1.29 is 4.42 Å². The van der Waals surface area contributed by atoms with Crippen molar-refractivity contribution in [2.45, 2.75) is 39.5 Å². The van der Waals surface area contributed by atoms with Crippen molar-refractivity contribution >= 4 is 12.2 Å². The summed E-state index contributed by atoms with van der Waals surface area (Å²) in [4.78, 5) is 37.3. The number of nitrogens with zero attached hydrogens (tertiary/aromatic N) is 1. The van der Waals surface area contributed by atoms with Crippen molar-refractivity contribution in [3.05, 3.63) is 72.8 Å². The van der Waals surface area contributed by atoms with E-state index in [9.17, 15) is 9.59 Å². The number of aromatic nitrogens is 4. The maximum absolute atomic E-state index is 12.4. The Morgan fingerprint density at radius 1 is 1.08 bits per heavy atom. The third-order valence-corrected chi connectivity index (χ3v) is 4.00. The summed E-state index contributed by atoms with van der Waals surface area (Å²) < 4.78 is 5.55. The second-order valence-electron chi connectivity index (χ2n) is 7.09. The summed E-state index contributed by atoms with van der Waals surface area (Å²) in [6.07, 6.45) is 5.42. The van der Waals surface area contributed by atoms with E-state index in [1.165, 1.54) is 6.08 Å². The summed E-state index contributed by atoms with van der Waals surface area (Å²) in [6.45, 7) is 8.09. The van der Waals surface area contributed by atoms with Crippen LogP contribution in [0.1, 0.15) is 50.6 Å². The van der Waals surface area contributed by atoms with E-state index in [0.717, 1.165) is 17.9 Å². The molecule has 0 radical (unpaired) electrons. The molecule has 7 heteroatoms. The molecule has 0 amide bonds. The molecule has 0 saturated heterocycles. The summed E-state index contributed by atoms with van der Waals surface area (Å²) in [6, 6.07) is 3.60. The number of furan rings is 1. The Balaban J connectivity index is 2.10. The summed E-state index contributed by atoms with van der Waals surface area (Å²) in [5.74, 6) is 1.33. The van der Waals surface area contributed by atoms with Gasteiger partial charge in [0.1, 0.15) is 22.2 Å². The van der Waals surface area contributed by atoms with E-state index < -0.39 is 11.1 Å². The Bertz CT molecular complexity index is 1150. The van der Waals surface area contributed by atoms with Crippen molar-refractivity contribution in [1.29, 1.82) is 0 Å². The van der Waals surface area contributed by atoms with E-state index in [4.69, 9.17) is 4.42 Å². The number of nitrogens with one attached hydrogen (secondary N) is 3. The molecule has 0 unspecified atom stereocenters. The van der Waals surface area contributed by atoms with Crippen molar-refractivity contribution in [2.75, 3.05) is 0 Å². The van der Waals surface area contributed by atoms with Crippen molar-refractivity contribution in [3.8, 4) is 0 Å².